The monoisotopic (exact) mass is 366 g/mol. The van der Waals surface area contributed by atoms with E-state index in [-0.39, 0.29) is 17.2 Å². The van der Waals surface area contributed by atoms with E-state index in [0.29, 0.717) is 55.0 Å². The zero-order valence-corrected chi connectivity index (χ0v) is 14.7. The highest BCUT2D eigenvalue weighted by Crippen LogP contribution is 2.15. The van der Waals surface area contributed by atoms with Crippen LogP contribution in [0.2, 0.25) is 0 Å². The molecule has 1 aromatic heterocycles. The van der Waals surface area contributed by atoms with Crippen LogP contribution in [-0.2, 0) is 6.54 Å². The van der Waals surface area contributed by atoms with E-state index in [2.05, 4.69) is 4.90 Å². The first-order valence-corrected chi connectivity index (χ1v) is 8.89. The number of rotatable bonds is 3. The molecule has 0 unspecified atom stereocenters. The summed E-state index contributed by atoms with van der Waals surface area (Å²) in [6, 6.07) is 14.4. The molecule has 0 spiro atoms. The fraction of sp³-hybridized carbons (Fsp3) is 0.238. The predicted molar refractivity (Wildman–Crippen MR) is 100 cm³/mol. The Hall–Kier alpha value is -2.99. The van der Waals surface area contributed by atoms with Gasteiger partial charge in [-0.05, 0) is 36.4 Å². The molecular weight excluding hydrogens is 347 g/mol. The van der Waals surface area contributed by atoms with Gasteiger partial charge in [0.25, 0.3) is 5.91 Å². The second kappa shape index (κ2) is 7.32. The summed E-state index contributed by atoms with van der Waals surface area (Å²) in [5.74, 6) is 0.178. The number of benzene rings is 2. The normalized spacial score (nSPS) is 15.2. The molecule has 2 aromatic carbocycles. The molecule has 0 bridgehead atoms. The minimum Gasteiger partial charge on any atom is -0.459 e. The molecule has 0 N–H and O–H groups in total. The van der Waals surface area contributed by atoms with Crippen molar-refractivity contribution in [2.45, 2.75) is 6.54 Å². The van der Waals surface area contributed by atoms with Crippen molar-refractivity contribution in [3.05, 3.63) is 82.0 Å². The Morgan fingerprint density at radius 3 is 2.44 bits per heavy atom. The Morgan fingerprint density at radius 1 is 1.00 bits per heavy atom. The number of fused-ring (bicyclic) bond motifs is 1. The highest BCUT2D eigenvalue weighted by atomic mass is 19.1. The van der Waals surface area contributed by atoms with Gasteiger partial charge in [0.05, 0.1) is 11.9 Å². The van der Waals surface area contributed by atoms with Gasteiger partial charge in [0, 0.05) is 37.8 Å². The number of carbonyl (C=O) groups excluding carboxylic acids is 1. The second-order valence-electron chi connectivity index (χ2n) is 6.65. The largest absolute Gasteiger partial charge is 0.459 e. The zero-order chi connectivity index (χ0) is 18.8. The number of para-hydroxylation sites is 1. The third-order valence-corrected chi connectivity index (χ3v) is 4.82. The third-order valence-electron chi connectivity index (χ3n) is 4.82. The number of piperazine rings is 1. The maximum atomic E-state index is 13.0. The number of hydrogen-bond acceptors (Lipinski definition) is 4. The lowest BCUT2D eigenvalue weighted by Crippen LogP contribution is -2.48. The van der Waals surface area contributed by atoms with Crippen LogP contribution in [0.15, 0.2) is 63.8 Å². The van der Waals surface area contributed by atoms with Crippen LogP contribution in [-0.4, -0.2) is 41.9 Å². The molecule has 3 aromatic rings. The summed E-state index contributed by atoms with van der Waals surface area (Å²) in [6.45, 7) is 3.05. The number of carbonyl (C=O) groups is 1. The van der Waals surface area contributed by atoms with E-state index < -0.39 is 0 Å². The highest BCUT2D eigenvalue weighted by molar-refractivity contribution is 5.94. The molecule has 5 nitrogen and oxygen atoms in total. The van der Waals surface area contributed by atoms with E-state index in [0.717, 1.165) is 0 Å². The molecule has 0 atom stereocenters. The summed E-state index contributed by atoms with van der Waals surface area (Å²) in [7, 11) is 0. The van der Waals surface area contributed by atoms with Crippen LogP contribution in [0.5, 0.6) is 0 Å². The molecule has 0 saturated carbocycles. The Labute approximate surface area is 155 Å². The van der Waals surface area contributed by atoms with E-state index in [9.17, 15) is 14.0 Å². The van der Waals surface area contributed by atoms with Crippen molar-refractivity contribution in [3.63, 3.8) is 0 Å². The summed E-state index contributed by atoms with van der Waals surface area (Å²) in [5, 5.41) is 0.580. The van der Waals surface area contributed by atoms with Crippen LogP contribution in [0, 0.1) is 5.82 Å². The van der Waals surface area contributed by atoms with Gasteiger partial charge < -0.3 is 9.32 Å². The minimum absolute atomic E-state index is 0.0445. The lowest BCUT2D eigenvalue weighted by Gasteiger charge is -2.34. The Morgan fingerprint density at radius 2 is 1.70 bits per heavy atom. The van der Waals surface area contributed by atoms with Crippen LogP contribution < -0.4 is 5.43 Å². The standard InChI is InChI=1S/C21H19FN2O3/c22-16-7-5-15(6-8-16)21(26)24-11-9-23(10-12-24)14-17-13-19(25)18-3-1-2-4-20(18)27-17/h1-8,13H,9-12,14H2. The maximum Gasteiger partial charge on any atom is 0.253 e. The van der Waals surface area contributed by atoms with Gasteiger partial charge in [-0.1, -0.05) is 12.1 Å². The molecule has 1 saturated heterocycles. The molecule has 27 heavy (non-hydrogen) atoms. The molecule has 2 heterocycles. The van der Waals surface area contributed by atoms with Gasteiger partial charge in [0.1, 0.15) is 17.2 Å². The van der Waals surface area contributed by atoms with E-state index >= 15 is 0 Å². The molecule has 1 aliphatic heterocycles. The average Bonchev–Trinajstić information content (AvgIpc) is 2.69. The fourth-order valence-corrected chi connectivity index (χ4v) is 3.34. The number of halogens is 1. The van der Waals surface area contributed by atoms with Crippen LogP contribution in [0.25, 0.3) is 11.0 Å². The van der Waals surface area contributed by atoms with Crippen molar-refractivity contribution in [2.24, 2.45) is 0 Å². The maximum absolute atomic E-state index is 13.0. The molecular formula is C21H19FN2O3. The zero-order valence-electron chi connectivity index (χ0n) is 14.7. The summed E-state index contributed by atoms with van der Waals surface area (Å²) in [5.41, 5.74) is 1.03. The fourth-order valence-electron chi connectivity index (χ4n) is 3.34. The van der Waals surface area contributed by atoms with Crippen molar-refractivity contribution in [1.82, 2.24) is 9.80 Å². The number of nitrogens with zero attached hydrogens (tertiary/aromatic N) is 2. The lowest BCUT2D eigenvalue weighted by molar-refractivity contribution is 0.0620. The first-order valence-electron chi connectivity index (χ1n) is 8.89. The molecule has 4 rings (SSSR count). The molecule has 0 radical (unpaired) electrons. The van der Waals surface area contributed by atoms with E-state index in [1.807, 2.05) is 12.1 Å². The summed E-state index contributed by atoms with van der Waals surface area (Å²) >= 11 is 0. The van der Waals surface area contributed by atoms with Crippen molar-refractivity contribution < 1.29 is 13.6 Å². The first-order chi connectivity index (χ1) is 13.1. The lowest BCUT2D eigenvalue weighted by atomic mass is 10.1. The molecule has 1 aliphatic rings. The minimum atomic E-state index is -0.353. The van der Waals surface area contributed by atoms with Gasteiger partial charge in [0.2, 0.25) is 0 Å². The number of hydrogen-bond donors (Lipinski definition) is 0. The smallest absolute Gasteiger partial charge is 0.253 e. The number of amides is 1. The van der Waals surface area contributed by atoms with Gasteiger partial charge in [-0.15, -0.1) is 0 Å². The van der Waals surface area contributed by atoms with Crippen LogP contribution in [0.1, 0.15) is 16.1 Å². The summed E-state index contributed by atoms with van der Waals surface area (Å²) in [4.78, 5) is 28.6. The Balaban J connectivity index is 1.40. The molecule has 0 aliphatic carbocycles. The quantitative estimate of drug-likeness (QED) is 0.715. The van der Waals surface area contributed by atoms with Crippen LogP contribution in [0.3, 0.4) is 0 Å². The van der Waals surface area contributed by atoms with Gasteiger partial charge in [-0.3, -0.25) is 14.5 Å². The average molecular weight is 366 g/mol. The molecule has 1 amide bonds. The SMILES string of the molecule is O=C(c1ccc(F)cc1)N1CCN(Cc2cc(=O)c3ccccc3o2)CC1. The molecule has 6 heteroatoms. The van der Waals surface area contributed by atoms with Crippen molar-refractivity contribution in [1.29, 1.82) is 0 Å². The third kappa shape index (κ3) is 3.75. The first kappa shape index (κ1) is 17.4. The Kier molecular flexibility index (Phi) is 4.73. The second-order valence-corrected chi connectivity index (χ2v) is 6.65. The van der Waals surface area contributed by atoms with Gasteiger partial charge in [-0.2, -0.15) is 0 Å². The molecule has 1 fully saturated rings. The molecule has 138 valence electrons. The van der Waals surface area contributed by atoms with Crippen molar-refractivity contribution in [2.75, 3.05) is 26.2 Å². The predicted octanol–water partition coefficient (Wildman–Crippen LogP) is 2.89. The Bertz CT molecular complexity index is 1020. The summed E-state index contributed by atoms with van der Waals surface area (Å²) < 4.78 is 18.9. The van der Waals surface area contributed by atoms with Gasteiger partial charge >= 0.3 is 0 Å². The van der Waals surface area contributed by atoms with Crippen molar-refractivity contribution in [3.8, 4) is 0 Å². The highest BCUT2D eigenvalue weighted by Gasteiger charge is 2.22. The van der Waals surface area contributed by atoms with Crippen LogP contribution >= 0.6 is 0 Å². The van der Waals surface area contributed by atoms with Crippen molar-refractivity contribution >= 4 is 16.9 Å². The summed E-state index contributed by atoms with van der Waals surface area (Å²) in [6.07, 6.45) is 0. The van der Waals surface area contributed by atoms with E-state index in [1.165, 1.54) is 24.3 Å². The van der Waals surface area contributed by atoms with Gasteiger partial charge in [0.15, 0.2) is 5.43 Å². The van der Waals surface area contributed by atoms with E-state index in [1.54, 1.807) is 23.1 Å². The topological polar surface area (TPSA) is 53.8 Å². The van der Waals surface area contributed by atoms with Crippen LogP contribution in [0.4, 0.5) is 4.39 Å². The van der Waals surface area contributed by atoms with Gasteiger partial charge in [-0.25, -0.2) is 4.39 Å². The van der Waals surface area contributed by atoms with E-state index in [4.69, 9.17) is 4.42 Å².